The van der Waals surface area contributed by atoms with E-state index in [2.05, 4.69) is 20.5 Å². The van der Waals surface area contributed by atoms with Gasteiger partial charge in [-0.3, -0.25) is 9.69 Å². The lowest BCUT2D eigenvalue weighted by Crippen LogP contribution is -2.28. The molecule has 0 aliphatic carbocycles. The Kier molecular flexibility index (Phi) is 6.64. The molecule has 0 aliphatic heterocycles. The van der Waals surface area contributed by atoms with Crippen LogP contribution in [0.1, 0.15) is 28.1 Å². The molecule has 182 valence electrons. The van der Waals surface area contributed by atoms with E-state index in [1.807, 2.05) is 36.1 Å². The highest BCUT2D eigenvalue weighted by Crippen LogP contribution is 2.17. The molecule has 0 atom stereocenters. The monoisotopic (exact) mass is 486 g/mol. The summed E-state index contributed by atoms with van der Waals surface area (Å²) in [6.07, 6.45) is 0. The van der Waals surface area contributed by atoms with Gasteiger partial charge in [-0.25, -0.2) is 13.5 Å². The summed E-state index contributed by atoms with van der Waals surface area (Å²) < 4.78 is 28.4. The third-order valence-corrected chi connectivity index (χ3v) is 6.01. The molecule has 0 saturated heterocycles. The van der Waals surface area contributed by atoms with Gasteiger partial charge < -0.3 is 4.98 Å². The molecule has 5 rings (SSSR count). The third kappa shape index (κ3) is 5.52. The number of hydrogen-bond donors (Lipinski definition) is 1. The minimum absolute atomic E-state index is 0.164. The summed E-state index contributed by atoms with van der Waals surface area (Å²) in [5, 5.41) is 13.1. The van der Waals surface area contributed by atoms with Gasteiger partial charge in [-0.05, 0) is 75.8 Å². The fourth-order valence-corrected chi connectivity index (χ4v) is 4.16. The number of hydrogen-bond acceptors (Lipinski definition) is 5. The van der Waals surface area contributed by atoms with E-state index in [-0.39, 0.29) is 17.2 Å². The fraction of sp³-hybridized carbons (Fsp3) is 0.185. The molecule has 0 amide bonds. The lowest BCUT2D eigenvalue weighted by atomic mass is 10.1. The SMILES string of the molecule is Cc1ccc2cc(CN(Cc3ccc(F)cc3)Cc3nnnn3Cc3ccc(F)cc3)c(=O)[nH]c2c1. The molecule has 36 heavy (non-hydrogen) atoms. The summed E-state index contributed by atoms with van der Waals surface area (Å²) in [6, 6.07) is 20.3. The van der Waals surface area contributed by atoms with Crippen molar-refractivity contribution >= 4 is 10.9 Å². The quantitative estimate of drug-likeness (QED) is 0.353. The van der Waals surface area contributed by atoms with Crippen LogP contribution in [0.4, 0.5) is 8.78 Å². The molecule has 1 N–H and O–H groups in total. The van der Waals surface area contributed by atoms with Crippen LogP contribution in [0.3, 0.4) is 0 Å². The number of benzene rings is 3. The zero-order chi connectivity index (χ0) is 25.1. The van der Waals surface area contributed by atoms with Crippen molar-refractivity contribution in [2.24, 2.45) is 0 Å². The number of nitrogens with one attached hydrogen (secondary N) is 1. The maximum Gasteiger partial charge on any atom is 0.252 e. The van der Waals surface area contributed by atoms with Crippen LogP contribution in [0.2, 0.25) is 0 Å². The number of halogens is 2. The molecule has 2 aromatic heterocycles. The number of aryl methyl sites for hydroxylation is 1. The van der Waals surface area contributed by atoms with Gasteiger partial charge in [0.15, 0.2) is 5.82 Å². The lowest BCUT2D eigenvalue weighted by molar-refractivity contribution is 0.236. The number of nitrogens with zero attached hydrogens (tertiary/aromatic N) is 5. The molecule has 0 radical (unpaired) electrons. The highest BCUT2D eigenvalue weighted by Gasteiger charge is 2.16. The summed E-state index contributed by atoms with van der Waals surface area (Å²) >= 11 is 0. The van der Waals surface area contributed by atoms with Crippen molar-refractivity contribution in [2.75, 3.05) is 0 Å². The second kappa shape index (κ2) is 10.2. The van der Waals surface area contributed by atoms with E-state index in [0.717, 1.165) is 27.6 Å². The first-order chi connectivity index (χ1) is 17.4. The first kappa shape index (κ1) is 23.5. The van der Waals surface area contributed by atoms with Crippen LogP contribution in [-0.4, -0.2) is 30.1 Å². The summed E-state index contributed by atoms with van der Waals surface area (Å²) in [5.74, 6) is -0.0268. The molecule has 3 aromatic carbocycles. The number of H-pyrrole nitrogens is 1. The lowest BCUT2D eigenvalue weighted by Gasteiger charge is -2.22. The number of aromatic nitrogens is 5. The van der Waals surface area contributed by atoms with Gasteiger partial charge in [0.2, 0.25) is 0 Å². The van der Waals surface area contributed by atoms with Gasteiger partial charge in [0.1, 0.15) is 11.6 Å². The van der Waals surface area contributed by atoms with Crippen molar-refractivity contribution in [1.29, 1.82) is 0 Å². The zero-order valence-electron chi connectivity index (χ0n) is 19.7. The molecule has 0 bridgehead atoms. The number of tetrazole rings is 1. The van der Waals surface area contributed by atoms with Crippen molar-refractivity contribution in [3.05, 3.63) is 123 Å². The van der Waals surface area contributed by atoms with Crippen LogP contribution in [0.15, 0.2) is 77.6 Å². The average Bonchev–Trinajstić information content (AvgIpc) is 3.29. The molecule has 0 fully saturated rings. The van der Waals surface area contributed by atoms with Gasteiger partial charge in [-0.2, -0.15) is 0 Å². The molecule has 9 heteroatoms. The third-order valence-electron chi connectivity index (χ3n) is 6.01. The maximum absolute atomic E-state index is 13.5. The van der Waals surface area contributed by atoms with Gasteiger partial charge in [-0.1, -0.05) is 36.4 Å². The Balaban J connectivity index is 1.43. The number of fused-ring (bicyclic) bond motifs is 1. The molecular formula is C27H24F2N6O. The minimum atomic E-state index is -0.310. The first-order valence-corrected chi connectivity index (χ1v) is 11.5. The van der Waals surface area contributed by atoms with Gasteiger partial charge in [0.25, 0.3) is 5.56 Å². The topological polar surface area (TPSA) is 79.7 Å². The Bertz CT molecular complexity index is 1540. The normalized spacial score (nSPS) is 11.4. The molecule has 5 aromatic rings. The Labute approximate surface area is 206 Å². The smallest absolute Gasteiger partial charge is 0.252 e. The van der Waals surface area contributed by atoms with Gasteiger partial charge in [-0.15, -0.1) is 5.10 Å². The van der Waals surface area contributed by atoms with Crippen molar-refractivity contribution in [1.82, 2.24) is 30.1 Å². The van der Waals surface area contributed by atoms with Crippen LogP contribution >= 0.6 is 0 Å². The summed E-state index contributed by atoms with van der Waals surface area (Å²) in [6.45, 7) is 3.49. The van der Waals surface area contributed by atoms with Crippen LogP contribution < -0.4 is 5.56 Å². The van der Waals surface area contributed by atoms with Crippen LogP contribution in [0.25, 0.3) is 10.9 Å². The Morgan fingerprint density at radius 2 is 1.56 bits per heavy atom. The Hall–Kier alpha value is -4.24. The van der Waals surface area contributed by atoms with Gasteiger partial charge in [0.05, 0.1) is 13.1 Å². The molecule has 0 unspecified atom stereocenters. The maximum atomic E-state index is 13.5. The second-order valence-electron chi connectivity index (χ2n) is 8.87. The predicted molar refractivity (Wildman–Crippen MR) is 132 cm³/mol. The van der Waals surface area contributed by atoms with E-state index >= 15 is 0 Å². The number of pyridine rings is 1. The standard InChI is InChI=1S/C27H24F2N6O/c1-18-2-7-21-13-22(27(36)30-25(21)12-18)16-34(14-19-3-8-23(28)9-4-19)17-26-31-32-33-35(26)15-20-5-10-24(29)11-6-20/h2-13H,14-17H2,1H3,(H,30,36). The van der Waals surface area contributed by atoms with E-state index in [0.29, 0.717) is 37.6 Å². The van der Waals surface area contributed by atoms with E-state index in [9.17, 15) is 13.6 Å². The number of aromatic amines is 1. The van der Waals surface area contributed by atoms with Gasteiger partial charge >= 0.3 is 0 Å². The molecule has 0 saturated carbocycles. The predicted octanol–water partition coefficient (Wildman–Crippen LogP) is 4.35. The first-order valence-electron chi connectivity index (χ1n) is 11.5. The van der Waals surface area contributed by atoms with Crippen molar-refractivity contribution < 1.29 is 8.78 Å². The van der Waals surface area contributed by atoms with Crippen LogP contribution in [0.5, 0.6) is 0 Å². The van der Waals surface area contributed by atoms with Crippen LogP contribution in [-0.2, 0) is 26.2 Å². The average molecular weight is 487 g/mol. The molecule has 0 aliphatic rings. The van der Waals surface area contributed by atoms with Crippen molar-refractivity contribution in [3.63, 3.8) is 0 Å². The number of rotatable bonds is 8. The highest BCUT2D eigenvalue weighted by atomic mass is 19.1. The van der Waals surface area contributed by atoms with Crippen molar-refractivity contribution in [2.45, 2.75) is 33.1 Å². The van der Waals surface area contributed by atoms with E-state index in [1.165, 1.54) is 24.3 Å². The minimum Gasteiger partial charge on any atom is -0.322 e. The van der Waals surface area contributed by atoms with Gasteiger partial charge in [0, 0.05) is 24.2 Å². The summed E-state index contributed by atoms with van der Waals surface area (Å²) in [7, 11) is 0. The summed E-state index contributed by atoms with van der Waals surface area (Å²) in [5.41, 5.74) is 4.04. The zero-order valence-corrected chi connectivity index (χ0v) is 19.7. The van der Waals surface area contributed by atoms with Crippen molar-refractivity contribution in [3.8, 4) is 0 Å². The summed E-state index contributed by atoms with van der Waals surface area (Å²) in [4.78, 5) is 17.9. The van der Waals surface area contributed by atoms with E-state index in [1.54, 1.807) is 28.9 Å². The molecule has 7 nitrogen and oxygen atoms in total. The molecule has 2 heterocycles. The van der Waals surface area contributed by atoms with E-state index < -0.39 is 0 Å². The largest absolute Gasteiger partial charge is 0.322 e. The Morgan fingerprint density at radius 1 is 0.861 bits per heavy atom. The van der Waals surface area contributed by atoms with Crippen LogP contribution in [0, 0.1) is 18.6 Å². The molecule has 0 spiro atoms. The second-order valence-corrected chi connectivity index (χ2v) is 8.87. The highest BCUT2D eigenvalue weighted by molar-refractivity contribution is 5.79. The Morgan fingerprint density at radius 3 is 2.28 bits per heavy atom. The van der Waals surface area contributed by atoms with E-state index in [4.69, 9.17) is 0 Å². The molecular weight excluding hydrogens is 462 g/mol. The fourth-order valence-electron chi connectivity index (χ4n) is 4.16.